The van der Waals surface area contributed by atoms with Gasteiger partial charge in [-0.05, 0) is 0 Å². The Bertz CT molecular complexity index is 735. The molecule has 3 aromatic rings. The van der Waals surface area contributed by atoms with Crippen LogP contribution in [0.1, 0.15) is 0 Å². The Morgan fingerprint density at radius 1 is 1.16 bits per heavy atom. The van der Waals surface area contributed by atoms with Crippen LogP contribution in [-0.4, -0.2) is 36.8 Å². The molecule has 0 unspecified atom stereocenters. The fraction of sp³-hybridized carbons (Fsp3) is 0.182. The number of anilines is 1. The largest absolute Gasteiger partial charge is 0.467 e. The predicted octanol–water partition coefficient (Wildman–Crippen LogP) is 0.411. The number of nitrogen functional groups attached to an aromatic ring is 1. The second-order valence-corrected chi connectivity index (χ2v) is 3.89. The van der Waals surface area contributed by atoms with Gasteiger partial charge in [-0.2, -0.15) is 5.10 Å². The monoisotopic (exact) mass is 257 g/mol. The fourth-order valence-electron chi connectivity index (χ4n) is 1.86. The first-order valence-electron chi connectivity index (χ1n) is 5.50. The van der Waals surface area contributed by atoms with Gasteiger partial charge < -0.3 is 10.5 Å². The minimum atomic E-state index is 0.299. The molecule has 0 saturated carbocycles. The molecule has 0 saturated heterocycles. The normalized spacial score (nSPS) is 10.8. The van der Waals surface area contributed by atoms with Crippen molar-refractivity contribution in [1.29, 1.82) is 0 Å². The van der Waals surface area contributed by atoms with Crippen LogP contribution in [0.2, 0.25) is 0 Å². The highest BCUT2D eigenvalue weighted by Gasteiger charge is 2.15. The zero-order valence-electron chi connectivity index (χ0n) is 10.4. The molecule has 0 radical (unpaired) electrons. The Morgan fingerprint density at radius 2 is 1.89 bits per heavy atom. The van der Waals surface area contributed by atoms with Crippen molar-refractivity contribution in [2.75, 3.05) is 12.8 Å². The van der Waals surface area contributed by atoms with E-state index in [0.717, 1.165) is 5.56 Å². The lowest BCUT2D eigenvalue weighted by molar-refractivity contribution is 0.380. The highest BCUT2D eigenvalue weighted by molar-refractivity contribution is 5.97. The van der Waals surface area contributed by atoms with Crippen molar-refractivity contribution in [2.45, 2.75) is 0 Å². The van der Waals surface area contributed by atoms with Crippen molar-refractivity contribution in [3.05, 3.63) is 18.7 Å². The van der Waals surface area contributed by atoms with Gasteiger partial charge in [-0.25, -0.2) is 24.6 Å². The summed E-state index contributed by atoms with van der Waals surface area (Å²) in [7, 11) is 3.31. The lowest BCUT2D eigenvalue weighted by Crippen LogP contribution is -1.95. The first-order valence-corrected chi connectivity index (χ1v) is 5.50. The number of nitrogens with two attached hydrogens (primary N) is 1. The van der Waals surface area contributed by atoms with E-state index >= 15 is 0 Å². The molecule has 0 aliphatic rings. The molecule has 0 amide bonds. The Labute approximate surface area is 108 Å². The van der Waals surface area contributed by atoms with Gasteiger partial charge in [0.25, 0.3) is 0 Å². The molecule has 2 N–H and O–H groups in total. The zero-order valence-corrected chi connectivity index (χ0v) is 10.4. The molecule has 0 aliphatic carbocycles. The van der Waals surface area contributed by atoms with Crippen LogP contribution in [0.5, 0.6) is 6.01 Å². The van der Waals surface area contributed by atoms with E-state index in [1.165, 1.54) is 13.4 Å². The van der Waals surface area contributed by atoms with Gasteiger partial charge in [0.2, 0.25) is 0 Å². The average molecular weight is 257 g/mol. The fourth-order valence-corrected chi connectivity index (χ4v) is 1.86. The van der Waals surface area contributed by atoms with E-state index < -0.39 is 0 Å². The SMILES string of the molecule is COc1ncc(-c2nn(C)c3ncnc(N)c23)cn1. The minimum Gasteiger partial charge on any atom is -0.467 e. The molecular formula is C11H11N7O. The van der Waals surface area contributed by atoms with E-state index in [0.29, 0.717) is 28.6 Å². The second-order valence-electron chi connectivity index (χ2n) is 3.89. The van der Waals surface area contributed by atoms with Crippen molar-refractivity contribution in [1.82, 2.24) is 29.7 Å². The summed E-state index contributed by atoms with van der Waals surface area (Å²) >= 11 is 0. The van der Waals surface area contributed by atoms with Gasteiger partial charge in [-0.15, -0.1) is 0 Å². The quantitative estimate of drug-likeness (QED) is 0.708. The lowest BCUT2D eigenvalue weighted by atomic mass is 10.2. The van der Waals surface area contributed by atoms with Gasteiger partial charge >= 0.3 is 6.01 Å². The maximum absolute atomic E-state index is 5.89. The summed E-state index contributed by atoms with van der Waals surface area (Å²) in [5, 5.41) is 5.08. The van der Waals surface area contributed by atoms with Crippen LogP contribution in [0.3, 0.4) is 0 Å². The highest BCUT2D eigenvalue weighted by atomic mass is 16.5. The van der Waals surface area contributed by atoms with Crippen molar-refractivity contribution in [3.63, 3.8) is 0 Å². The second kappa shape index (κ2) is 4.16. The van der Waals surface area contributed by atoms with E-state index in [4.69, 9.17) is 10.5 Å². The van der Waals surface area contributed by atoms with Crippen LogP contribution >= 0.6 is 0 Å². The van der Waals surface area contributed by atoms with Crippen LogP contribution in [0.4, 0.5) is 5.82 Å². The third-order valence-corrected chi connectivity index (χ3v) is 2.73. The molecule has 0 bridgehead atoms. The number of aromatic nitrogens is 6. The molecule has 0 fully saturated rings. The number of hydrogen-bond donors (Lipinski definition) is 1. The molecule has 96 valence electrons. The first-order chi connectivity index (χ1) is 9.20. The van der Waals surface area contributed by atoms with Crippen molar-refractivity contribution >= 4 is 16.9 Å². The smallest absolute Gasteiger partial charge is 0.316 e. The lowest BCUT2D eigenvalue weighted by Gasteiger charge is -2.00. The third-order valence-electron chi connectivity index (χ3n) is 2.73. The Kier molecular flexibility index (Phi) is 2.48. The highest BCUT2D eigenvalue weighted by Crippen LogP contribution is 2.28. The van der Waals surface area contributed by atoms with E-state index in [1.54, 1.807) is 24.1 Å². The number of hydrogen-bond acceptors (Lipinski definition) is 7. The maximum Gasteiger partial charge on any atom is 0.316 e. The average Bonchev–Trinajstić information content (AvgIpc) is 2.78. The van der Waals surface area contributed by atoms with E-state index in [2.05, 4.69) is 25.0 Å². The summed E-state index contributed by atoms with van der Waals surface area (Å²) in [6.07, 6.45) is 4.66. The number of ether oxygens (including phenoxy) is 1. The summed E-state index contributed by atoms with van der Waals surface area (Å²) in [4.78, 5) is 16.3. The Hall–Kier alpha value is -2.77. The third kappa shape index (κ3) is 1.73. The molecule has 0 aliphatic heterocycles. The molecular weight excluding hydrogens is 246 g/mol. The molecule has 8 nitrogen and oxygen atoms in total. The Balaban J connectivity index is 2.24. The van der Waals surface area contributed by atoms with E-state index in [-0.39, 0.29) is 0 Å². The minimum absolute atomic E-state index is 0.299. The molecule has 0 atom stereocenters. The van der Waals surface area contributed by atoms with Crippen LogP contribution in [0.25, 0.3) is 22.3 Å². The molecule has 8 heteroatoms. The van der Waals surface area contributed by atoms with Crippen LogP contribution in [-0.2, 0) is 7.05 Å². The van der Waals surface area contributed by atoms with E-state index in [9.17, 15) is 0 Å². The molecule has 3 aromatic heterocycles. The first kappa shape index (κ1) is 11.3. The van der Waals surface area contributed by atoms with Gasteiger partial charge in [-0.1, -0.05) is 0 Å². The van der Waals surface area contributed by atoms with Crippen LogP contribution in [0, 0.1) is 0 Å². The number of aryl methyl sites for hydroxylation is 1. The number of fused-ring (bicyclic) bond motifs is 1. The van der Waals surface area contributed by atoms with Crippen molar-refractivity contribution in [3.8, 4) is 17.3 Å². The van der Waals surface area contributed by atoms with Gasteiger partial charge in [0.15, 0.2) is 5.65 Å². The number of methoxy groups -OCH3 is 1. The summed E-state index contributed by atoms with van der Waals surface area (Å²) in [5.74, 6) is 0.379. The predicted molar refractivity (Wildman–Crippen MR) is 68.3 cm³/mol. The number of rotatable bonds is 2. The summed E-state index contributed by atoms with van der Waals surface area (Å²) in [6, 6.07) is 0.299. The van der Waals surface area contributed by atoms with Gasteiger partial charge in [0.05, 0.1) is 12.5 Å². The zero-order chi connectivity index (χ0) is 13.4. The maximum atomic E-state index is 5.89. The van der Waals surface area contributed by atoms with Crippen LogP contribution < -0.4 is 10.5 Å². The molecule has 19 heavy (non-hydrogen) atoms. The Morgan fingerprint density at radius 3 is 2.58 bits per heavy atom. The topological polar surface area (TPSA) is 105 Å². The van der Waals surface area contributed by atoms with Gasteiger partial charge in [0.1, 0.15) is 17.8 Å². The molecule has 0 aromatic carbocycles. The molecule has 0 spiro atoms. The summed E-state index contributed by atoms with van der Waals surface area (Å²) in [5.41, 5.74) is 7.94. The van der Waals surface area contributed by atoms with Crippen LogP contribution in [0.15, 0.2) is 18.7 Å². The molecule has 3 rings (SSSR count). The summed E-state index contributed by atoms with van der Waals surface area (Å²) < 4.78 is 6.57. The standard InChI is InChI=1S/C11H11N7O/c1-18-10-7(9(12)15-5-16-10)8(17-18)6-3-13-11(19-2)14-4-6/h3-5H,1-2H3,(H2,12,15,16). The van der Waals surface area contributed by atoms with Gasteiger partial charge in [0, 0.05) is 25.0 Å². The van der Waals surface area contributed by atoms with Crippen molar-refractivity contribution in [2.24, 2.45) is 7.05 Å². The molecule has 3 heterocycles. The summed E-state index contributed by atoms with van der Waals surface area (Å²) in [6.45, 7) is 0. The van der Waals surface area contributed by atoms with Gasteiger partial charge in [-0.3, -0.25) is 0 Å². The van der Waals surface area contributed by atoms with Crippen molar-refractivity contribution < 1.29 is 4.74 Å². The number of nitrogens with zero attached hydrogens (tertiary/aromatic N) is 6. The van der Waals surface area contributed by atoms with E-state index in [1.807, 2.05) is 0 Å².